The molecule has 1 aromatic heterocycles. The zero-order valence-corrected chi connectivity index (χ0v) is 14.0. The summed E-state index contributed by atoms with van der Waals surface area (Å²) in [5, 5.41) is 5.39. The quantitative estimate of drug-likeness (QED) is 0.893. The molecule has 0 spiro atoms. The van der Waals surface area contributed by atoms with Gasteiger partial charge in [-0.25, -0.2) is 0 Å². The maximum absolute atomic E-state index is 6.37. The van der Waals surface area contributed by atoms with Crippen molar-refractivity contribution in [3.8, 4) is 0 Å². The second kappa shape index (κ2) is 6.19. The number of nitrogens with zero attached hydrogens (tertiary/aromatic N) is 2. The zero-order valence-electron chi connectivity index (χ0n) is 12.5. The number of hydrogen-bond donors (Lipinski definition) is 1. The monoisotopic (exact) mass is 339 g/mol. The Morgan fingerprint density at radius 1 is 1.32 bits per heavy atom. The van der Waals surface area contributed by atoms with E-state index in [2.05, 4.69) is 10.1 Å². The van der Waals surface area contributed by atoms with Gasteiger partial charge < -0.3 is 10.3 Å². The Kier molecular flexibility index (Phi) is 4.44. The van der Waals surface area contributed by atoms with E-state index >= 15 is 0 Å². The summed E-state index contributed by atoms with van der Waals surface area (Å²) in [5.41, 5.74) is 6.96. The normalized spacial score (nSPS) is 18.5. The SMILES string of the molecule is CC(Cc1ccc(Cl)cc1Cl)c1nc(C2(N)CCCC2)no1. The van der Waals surface area contributed by atoms with Gasteiger partial charge in [-0.05, 0) is 37.0 Å². The predicted molar refractivity (Wildman–Crippen MR) is 87.2 cm³/mol. The third-order valence-corrected chi connectivity index (χ3v) is 4.93. The van der Waals surface area contributed by atoms with Crippen molar-refractivity contribution < 1.29 is 4.52 Å². The maximum Gasteiger partial charge on any atom is 0.229 e. The molecule has 1 aromatic carbocycles. The highest BCUT2D eigenvalue weighted by Crippen LogP contribution is 2.35. The third kappa shape index (κ3) is 3.14. The molecule has 1 saturated carbocycles. The molecule has 1 atom stereocenters. The van der Waals surface area contributed by atoms with Crippen molar-refractivity contribution >= 4 is 23.2 Å². The summed E-state index contributed by atoms with van der Waals surface area (Å²) in [6.45, 7) is 2.04. The average Bonchev–Trinajstić information content (AvgIpc) is 3.11. The summed E-state index contributed by atoms with van der Waals surface area (Å²) in [4.78, 5) is 4.54. The van der Waals surface area contributed by atoms with Crippen LogP contribution in [0.5, 0.6) is 0 Å². The van der Waals surface area contributed by atoms with Gasteiger partial charge in [0.15, 0.2) is 5.82 Å². The minimum absolute atomic E-state index is 0.0740. The summed E-state index contributed by atoms with van der Waals surface area (Å²) in [6.07, 6.45) is 4.80. The Labute approximate surface area is 140 Å². The summed E-state index contributed by atoms with van der Waals surface area (Å²) < 4.78 is 5.43. The van der Waals surface area contributed by atoms with Crippen LogP contribution in [0.4, 0.5) is 0 Å². The van der Waals surface area contributed by atoms with E-state index in [0.717, 1.165) is 37.7 Å². The smallest absolute Gasteiger partial charge is 0.229 e. The molecule has 1 aliphatic carbocycles. The molecule has 0 aliphatic heterocycles. The van der Waals surface area contributed by atoms with E-state index in [4.69, 9.17) is 33.5 Å². The van der Waals surface area contributed by atoms with Crippen molar-refractivity contribution in [1.82, 2.24) is 10.1 Å². The molecule has 0 amide bonds. The van der Waals surface area contributed by atoms with Gasteiger partial charge in [0.25, 0.3) is 0 Å². The largest absolute Gasteiger partial charge is 0.339 e. The number of nitrogens with two attached hydrogens (primary N) is 1. The van der Waals surface area contributed by atoms with Crippen LogP contribution in [-0.4, -0.2) is 10.1 Å². The molecule has 1 fully saturated rings. The van der Waals surface area contributed by atoms with E-state index in [9.17, 15) is 0 Å². The summed E-state index contributed by atoms with van der Waals surface area (Å²) in [5.74, 6) is 1.32. The van der Waals surface area contributed by atoms with E-state index in [-0.39, 0.29) is 5.92 Å². The molecule has 1 unspecified atom stereocenters. The lowest BCUT2D eigenvalue weighted by Gasteiger charge is -2.17. The van der Waals surface area contributed by atoms with E-state index in [1.807, 2.05) is 19.1 Å². The highest BCUT2D eigenvalue weighted by atomic mass is 35.5. The molecule has 0 saturated heterocycles. The Hall–Kier alpha value is -1.10. The Morgan fingerprint density at radius 2 is 2.05 bits per heavy atom. The van der Waals surface area contributed by atoms with Crippen LogP contribution in [0.25, 0.3) is 0 Å². The number of benzene rings is 1. The minimum atomic E-state index is -0.417. The molecule has 2 aromatic rings. The van der Waals surface area contributed by atoms with E-state index < -0.39 is 5.54 Å². The molecular formula is C16H19Cl2N3O. The lowest BCUT2D eigenvalue weighted by Crippen LogP contribution is -2.34. The van der Waals surface area contributed by atoms with Crippen LogP contribution in [0.2, 0.25) is 10.0 Å². The van der Waals surface area contributed by atoms with Crippen molar-refractivity contribution in [2.75, 3.05) is 0 Å². The first-order valence-electron chi connectivity index (χ1n) is 7.55. The van der Waals surface area contributed by atoms with Crippen LogP contribution < -0.4 is 5.73 Å². The topological polar surface area (TPSA) is 64.9 Å². The average molecular weight is 340 g/mol. The van der Waals surface area contributed by atoms with Gasteiger partial charge in [-0.15, -0.1) is 0 Å². The molecule has 3 rings (SSSR count). The van der Waals surface area contributed by atoms with Crippen LogP contribution >= 0.6 is 23.2 Å². The molecule has 2 N–H and O–H groups in total. The highest BCUT2D eigenvalue weighted by Gasteiger charge is 2.36. The van der Waals surface area contributed by atoms with Crippen molar-refractivity contribution in [2.24, 2.45) is 5.73 Å². The second-order valence-corrected chi connectivity index (χ2v) is 7.00. The first-order chi connectivity index (χ1) is 10.5. The van der Waals surface area contributed by atoms with Crippen LogP contribution in [0.1, 0.15) is 55.8 Å². The molecule has 6 heteroatoms. The summed E-state index contributed by atoms with van der Waals surface area (Å²) >= 11 is 12.1. The second-order valence-electron chi connectivity index (χ2n) is 6.16. The molecule has 4 nitrogen and oxygen atoms in total. The molecule has 0 radical (unpaired) electrons. The number of halogens is 2. The third-order valence-electron chi connectivity index (χ3n) is 4.35. The molecule has 1 aliphatic rings. The van der Waals surface area contributed by atoms with Crippen molar-refractivity contribution in [2.45, 2.75) is 50.5 Å². The Bertz CT molecular complexity index is 665. The standard InChI is InChI=1S/C16H19Cl2N3O/c1-10(8-11-4-5-12(17)9-13(11)18)14-20-15(21-22-14)16(19)6-2-3-7-16/h4-5,9-10H,2-3,6-8,19H2,1H3. The minimum Gasteiger partial charge on any atom is -0.339 e. The number of aromatic nitrogens is 2. The Balaban J connectivity index is 1.75. The number of rotatable bonds is 4. The predicted octanol–water partition coefficient (Wildman–Crippen LogP) is 4.45. The van der Waals surface area contributed by atoms with Crippen LogP contribution in [0.15, 0.2) is 22.7 Å². The fourth-order valence-electron chi connectivity index (χ4n) is 2.97. The van der Waals surface area contributed by atoms with Crippen LogP contribution in [-0.2, 0) is 12.0 Å². The van der Waals surface area contributed by atoms with Gasteiger partial charge in [-0.1, -0.05) is 54.2 Å². The fourth-order valence-corrected chi connectivity index (χ4v) is 3.46. The highest BCUT2D eigenvalue weighted by molar-refractivity contribution is 6.35. The Morgan fingerprint density at radius 3 is 2.73 bits per heavy atom. The van der Waals surface area contributed by atoms with E-state index in [0.29, 0.717) is 21.8 Å². The van der Waals surface area contributed by atoms with Gasteiger partial charge in [0.05, 0.1) is 5.54 Å². The molecule has 0 bridgehead atoms. The van der Waals surface area contributed by atoms with Crippen LogP contribution in [0, 0.1) is 0 Å². The fraction of sp³-hybridized carbons (Fsp3) is 0.500. The van der Waals surface area contributed by atoms with Crippen molar-refractivity contribution in [3.05, 3.63) is 45.5 Å². The molecule has 118 valence electrons. The van der Waals surface area contributed by atoms with Gasteiger partial charge in [0, 0.05) is 16.0 Å². The number of hydrogen-bond acceptors (Lipinski definition) is 4. The zero-order chi connectivity index (χ0) is 15.7. The molecule has 22 heavy (non-hydrogen) atoms. The summed E-state index contributed by atoms with van der Waals surface area (Å²) in [6, 6.07) is 5.51. The maximum atomic E-state index is 6.37. The van der Waals surface area contributed by atoms with Gasteiger partial charge >= 0.3 is 0 Å². The summed E-state index contributed by atoms with van der Waals surface area (Å²) in [7, 11) is 0. The van der Waals surface area contributed by atoms with Gasteiger partial charge in [-0.3, -0.25) is 0 Å². The lowest BCUT2D eigenvalue weighted by atomic mass is 9.98. The van der Waals surface area contributed by atoms with Gasteiger partial charge in [0.2, 0.25) is 5.89 Å². The van der Waals surface area contributed by atoms with Gasteiger partial charge in [-0.2, -0.15) is 4.98 Å². The molecule has 1 heterocycles. The van der Waals surface area contributed by atoms with Crippen molar-refractivity contribution in [1.29, 1.82) is 0 Å². The lowest BCUT2D eigenvalue weighted by molar-refractivity contribution is 0.337. The van der Waals surface area contributed by atoms with E-state index in [1.165, 1.54) is 0 Å². The van der Waals surface area contributed by atoms with E-state index in [1.54, 1.807) is 6.07 Å². The molecular weight excluding hydrogens is 321 g/mol. The van der Waals surface area contributed by atoms with Crippen molar-refractivity contribution in [3.63, 3.8) is 0 Å². The first-order valence-corrected chi connectivity index (χ1v) is 8.30. The van der Waals surface area contributed by atoms with Crippen LogP contribution in [0.3, 0.4) is 0 Å². The van der Waals surface area contributed by atoms with Gasteiger partial charge in [0.1, 0.15) is 0 Å². The first kappa shape index (κ1) is 15.8.